The van der Waals surface area contributed by atoms with E-state index in [2.05, 4.69) is 0 Å². The Kier molecular flexibility index (Phi) is 14.0. The molecule has 0 radical (unpaired) electrons. The van der Waals surface area contributed by atoms with Crippen LogP contribution in [0.2, 0.25) is 0 Å². The number of hydrogen-bond donors (Lipinski definition) is 3. The first-order valence-electron chi connectivity index (χ1n) is 0.783. The van der Waals surface area contributed by atoms with Crippen molar-refractivity contribution in [2.45, 2.75) is 0 Å². The van der Waals surface area contributed by atoms with E-state index in [0.29, 0.717) is 0 Å². The predicted octanol–water partition coefficient (Wildman–Crippen LogP) is -3.03. The summed E-state index contributed by atoms with van der Waals surface area (Å²) in [6.07, 6.45) is 0. The van der Waals surface area contributed by atoms with E-state index >= 15 is 0 Å². The monoisotopic (exact) mass is 212 g/mol. The summed E-state index contributed by atoms with van der Waals surface area (Å²) in [4.78, 5) is 21.6. The summed E-state index contributed by atoms with van der Waals surface area (Å²) in [5, 5.41) is 0. The van der Waals surface area contributed by atoms with Gasteiger partial charge in [-0.15, -0.1) is 0 Å². The summed E-state index contributed by atoms with van der Waals surface area (Å²) in [5.41, 5.74) is 0. The molecule has 0 aliphatic carbocycles. The summed E-state index contributed by atoms with van der Waals surface area (Å²) in [6, 6.07) is 0. The van der Waals surface area contributed by atoms with Crippen LogP contribution in [0.4, 0.5) is 0 Å². The summed E-state index contributed by atoms with van der Waals surface area (Å²) in [5.74, 6) is 0. The van der Waals surface area contributed by atoms with Crippen LogP contribution in [0.1, 0.15) is 0 Å². The molecule has 0 aromatic carbocycles. The molecule has 0 aliphatic heterocycles. The predicted molar refractivity (Wildman–Crippen MR) is 32.7 cm³/mol. The van der Waals surface area contributed by atoms with Gasteiger partial charge in [-0.25, -0.2) is 4.57 Å². The number of phosphoric acid groups is 1. The molecule has 7 heavy (non-hydrogen) atoms. The number of hydrogen-bond acceptors (Lipinski definition) is 1. The molecular weight excluding hydrogens is 205 g/mol. The van der Waals surface area contributed by atoms with Crippen molar-refractivity contribution in [3.8, 4) is 0 Å². The van der Waals surface area contributed by atoms with E-state index in [1.807, 2.05) is 0 Å². The minimum atomic E-state index is -4.64. The average Bonchev–Trinajstić information content (AvgIpc) is 0.722. The molecule has 0 fully saturated rings. The molecular formula is H8CaGaO4P. The standard InChI is InChI=1S/Ca.Ga.H3O4P.5H/c;;1-5(2,3)4;;;;;/h;;(H3,1,2,3,4);;;;;. The van der Waals surface area contributed by atoms with Gasteiger partial charge in [0.1, 0.15) is 0 Å². The van der Waals surface area contributed by atoms with Crippen LogP contribution >= 0.6 is 7.82 Å². The molecule has 0 aliphatic rings. The van der Waals surface area contributed by atoms with E-state index in [0.717, 1.165) is 0 Å². The van der Waals surface area contributed by atoms with Crippen LogP contribution in [-0.2, 0) is 4.57 Å². The molecule has 0 aromatic rings. The van der Waals surface area contributed by atoms with Crippen molar-refractivity contribution < 1.29 is 19.2 Å². The SMILES string of the molecule is O=P(O)(O)O.[CaH2].[GaH3]. The van der Waals surface area contributed by atoms with Crippen LogP contribution in [0.25, 0.3) is 0 Å². The summed E-state index contributed by atoms with van der Waals surface area (Å²) < 4.78 is 8.88. The Bertz CT molecular complexity index is 57.8. The molecule has 0 rings (SSSR count). The third-order valence-corrected chi connectivity index (χ3v) is 0. The first-order valence-corrected chi connectivity index (χ1v) is 2.35. The summed E-state index contributed by atoms with van der Waals surface area (Å²) in [7, 11) is -4.64. The first-order chi connectivity index (χ1) is 2.00. The van der Waals surface area contributed by atoms with Crippen molar-refractivity contribution >= 4 is 65.4 Å². The number of rotatable bonds is 0. The van der Waals surface area contributed by atoms with Crippen LogP contribution in [0.3, 0.4) is 0 Å². The molecule has 0 spiro atoms. The molecule has 0 aromatic heterocycles. The van der Waals surface area contributed by atoms with E-state index in [4.69, 9.17) is 19.2 Å². The Hall–Kier alpha value is 2.01. The van der Waals surface area contributed by atoms with Crippen molar-refractivity contribution in [2.75, 3.05) is 0 Å². The van der Waals surface area contributed by atoms with Crippen LogP contribution in [0.5, 0.6) is 0 Å². The molecule has 3 N–H and O–H groups in total. The summed E-state index contributed by atoms with van der Waals surface area (Å²) in [6.45, 7) is 0. The topological polar surface area (TPSA) is 77.8 Å². The zero-order chi connectivity index (χ0) is 4.50. The summed E-state index contributed by atoms with van der Waals surface area (Å²) >= 11 is 0. The van der Waals surface area contributed by atoms with Gasteiger partial charge in [0.05, 0.1) is 0 Å². The Morgan fingerprint density at radius 1 is 1.14 bits per heavy atom. The van der Waals surface area contributed by atoms with Gasteiger partial charge in [0.25, 0.3) is 0 Å². The third-order valence-electron chi connectivity index (χ3n) is 0. The van der Waals surface area contributed by atoms with Gasteiger partial charge in [-0.1, -0.05) is 0 Å². The molecule has 0 saturated heterocycles. The van der Waals surface area contributed by atoms with Crippen LogP contribution in [0.15, 0.2) is 0 Å². The second kappa shape index (κ2) is 6.13. The zero-order valence-corrected chi connectivity index (χ0v) is 3.09. The maximum absolute atomic E-state index is 8.88. The maximum atomic E-state index is 8.88. The van der Waals surface area contributed by atoms with Crippen LogP contribution < -0.4 is 0 Å². The third kappa shape index (κ3) is 71.8. The Labute approximate surface area is 83.6 Å². The fraction of sp³-hybridized carbons (Fsp3) is 0. The molecule has 42 valence electrons. The van der Waals surface area contributed by atoms with Crippen molar-refractivity contribution in [3.63, 3.8) is 0 Å². The van der Waals surface area contributed by atoms with E-state index < -0.39 is 7.82 Å². The van der Waals surface area contributed by atoms with Gasteiger partial charge in [-0.2, -0.15) is 0 Å². The van der Waals surface area contributed by atoms with Gasteiger partial charge >= 0.3 is 65.4 Å². The fourth-order valence-electron chi connectivity index (χ4n) is 0. The fourth-order valence-corrected chi connectivity index (χ4v) is 0. The van der Waals surface area contributed by atoms with Gasteiger partial charge in [0.2, 0.25) is 0 Å². The molecule has 0 heterocycles. The normalized spacial score (nSPS) is 8.43. The van der Waals surface area contributed by atoms with Gasteiger partial charge in [0.15, 0.2) is 0 Å². The van der Waals surface area contributed by atoms with Gasteiger partial charge < -0.3 is 14.7 Å². The molecule has 0 bridgehead atoms. The van der Waals surface area contributed by atoms with Crippen molar-refractivity contribution in [3.05, 3.63) is 0 Å². The zero-order valence-electron chi connectivity index (χ0n) is 2.20. The van der Waals surface area contributed by atoms with E-state index in [1.165, 1.54) is 0 Å². The van der Waals surface area contributed by atoms with Gasteiger partial charge in [-0.05, 0) is 0 Å². The second-order valence-corrected chi connectivity index (χ2v) is 1.54. The minimum absolute atomic E-state index is 0. The second-order valence-electron chi connectivity index (χ2n) is 0.513. The molecule has 7 heteroatoms. The molecule has 0 saturated carbocycles. The Balaban J connectivity index is -0.0000000800. The average molecular weight is 213 g/mol. The van der Waals surface area contributed by atoms with Crippen LogP contribution in [-0.4, -0.2) is 72.2 Å². The van der Waals surface area contributed by atoms with Crippen molar-refractivity contribution in [1.29, 1.82) is 0 Å². The van der Waals surface area contributed by atoms with Crippen molar-refractivity contribution in [2.24, 2.45) is 0 Å². The molecule has 0 atom stereocenters. The first kappa shape index (κ1) is 16.0. The Morgan fingerprint density at radius 3 is 1.14 bits per heavy atom. The van der Waals surface area contributed by atoms with Gasteiger partial charge in [0, 0.05) is 0 Å². The van der Waals surface area contributed by atoms with Crippen molar-refractivity contribution in [1.82, 2.24) is 0 Å². The Morgan fingerprint density at radius 2 is 1.14 bits per heavy atom. The van der Waals surface area contributed by atoms with E-state index in [1.54, 1.807) is 0 Å². The molecule has 0 amide bonds. The molecule has 0 unspecified atom stereocenters. The van der Waals surface area contributed by atoms with Crippen LogP contribution in [0, 0.1) is 0 Å². The molecule has 4 nitrogen and oxygen atoms in total. The quantitative estimate of drug-likeness (QED) is 0.295. The van der Waals surface area contributed by atoms with E-state index in [-0.39, 0.29) is 57.5 Å². The van der Waals surface area contributed by atoms with Gasteiger partial charge in [-0.3, -0.25) is 0 Å². The van der Waals surface area contributed by atoms with E-state index in [9.17, 15) is 0 Å².